The molecular weight excluding hydrogens is 506 g/mol. The van der Waals surface area contributed by atoms with Crippen molar-refractivity contribution >= 4 is 34.3 Å². The SMILES string of the molecule is C#[N+][C@@H]1C[C@@]2(CN1C(=O)[C@H](CC1CCCCC1)NC(=O)c1cc3c(OC)cccc3[nH]1)C(=O)Nc1ccccc12. The van der Waals surface area contributed by atoms with Gasteiger partial charge in [0.25, 0.3) is 18.4 Å². The maximum absolute atomic E-state index is 14.2. The molecule has 1 saturated carbocycles. The second kappa shape index (κ2) is 10.3. The Morgan fingerprint density at radius 3 is 2.75 bits per heavy atom. The number of fused-ring (bicyclic) bond motifs is 3. The fourth-order valence-electron chi connectivity index (χ4n) is 6.82. The number of anilines is 1. The third kappa shape index (κ3) is 4.37. The van der Waals surface area contributed by atoms with E-state index in [-0.39, 0.29) is 24.3 Å². The van der Waals surface area contributed by atoms with E-state index in [9.17, 15) is 14.4 Å². The van der Waals surface area contributed by atoms with Crippen LogP contribution in [0.5, 0.6) is 5.75 Å². The number of methoxy groups -OCH3 is 1. The number of amides is 3. The number of hydrogen-bond acceptors (Lipinski definition) is 4. The molecule has 6 rings (SSSR count). The summed E-state index contributed by atoms with van der Waals surface area (Å²) in [7, 11) is 1.59. The lowest BCUT2D eigenvalue weighted by molar-refractivity contribution is -0.134. The van der Waals surface area contributed by atoms with E-state index in [1.807, 2.05) is 42.5 Å². The molecule has 3 atom stereocenters. The van der Waals surface area contributed by atoms with E-state index in [1.54, 1.807) is 18.1 Å². The fraction of sp³-hybridized carbons (Fsp3) is 0.419. The van der Waals surface area contributed by atoms with Crippen LogP contribution in [0.25, 0.3) is 15.7 Å². The number of benzene rings is 2. The second-order valence-electron chi connectivity index (χ2n) is 11.3. The van der Waals surface area contributed by atoms with E-state index in [2.05, 4.69) is 20.5 Å². The maximum Gasteiger partial charge on any atom is 0.350 e. The highest BCUT2D eigenvalue weighted by Gasteiger charge is 2.60. The van der Waals surface area contributed by atoms with E-state index in [0.717, 1.165) is 47.8 Å². The first kappa shape index (κ1) is 25.9. The quantitative estimate of drug-likeness (QED) is 0.423. The summed E-state index contributed by atoms with van der Waals surface area (Å²) in [6, 6.07) is 14.1. The molecule has 206 valence electrons. The first-order valence-electron chi connectivity index (χ1n) is 14.0. The summed E-state index contributed by atoms with van der Waals surface area (Å²) in [5.74, 6) is 0.198. The van der Waals surface area contributed by atoms with Gasteiger partial charge < -0.3 is 20.4 Å². The molecule has 3 aromatic rings. The molecule has 9 heteroatoms. The highest BCUT2D eigenvalue weighted by molar-refractivity contribution is 6.07. The predicted octanol–water partition coefficient (Wildman–Crippen LogP) is 4.66. The normalized spacial score (nSPS) is 23.1. The van der Waals surface area contributed by atoms with Crippen molar-refractivity contribution in [1.29, 1.82) is 0 Å². The van der Waals surface area contributed by atoms with Gasteiger partial charge in [0, 0.05) is 23.1 Å². The molecule has 2 aromatic carbocycles. The van der Waals surface area contributed by atoms with Crippen molar-refractivity contribution in [3.63, 3.8) is 0 Å². The lowest BCUT2D eigenvalue weighted by atomic mass is 9.80. The average Bonchev–Trinajstić information content (AvgIpc) is 3.67. The zero-order valence-electron chi connectivity index (χ0n) is 22.6. The number of H-pyrrole nitrogens is 1. The van der Waals surface area contributed by atoms with Crippen molar-refractivity contribution in [2.45, 2.75) is 62.6 Å². The van der Waals surface area contributed by atoms with Gasteiger partial charge in [0.2, 0.25) is 5.91 Å². The van der Waals surface area contributed by atoms with Crippen LogP contribution in [0, 0.1) is 12.5 Å². The first-order chi connectivity index (χ1) is 19.4. The number of aromatic amines is 1. The monoisotopic (exact) mass is 540 g/mol. The molecule has 0 radical (unpaired) electrons. The van der Waals surface area contributed by atoms with E-state index in [4.69, 9.17) is 11.3 Å². The Morgan fingerprint density at radius 2 is 1.98 bits per heavy atom. The smallest absolute Gasteiger partial charge is 0.350 e. The van der Waals surface area contributed by atoms with Crippen molar-refractivity contribution in [1.82, 2.24) is 15.2 Å². The van der Waals surface area contributed by atoms with Crippen LogP contribution in [-0.4, -0.2) is 53.5 Å². The Bertz CT molecular complexity index is 1520. The molecule has 1 spiro atoms. The maximum atomic E-state index is 14.2. The second-order valence-corrected chi connectivity index (χ2v) is 11.3. The van der Waals surface area contributed by atoms with Gasteiger partial charge in [-0.3, -0.25) is 19.3 Å². The third-order valence-corrected chi connectivity index (χ3v) is 8.90. The van der Waals surface area contributed by atoms with Gasteiger partial charge in [-0.05, 0) is 42.2 Å². The number of carbonyl (C=O) groups excluding carboxylic acids is 3. The Hall–Kier alpha value is -4.32. The lowest BCUT2D eigenvalue weighted by Crippen LogP contribution is -2.51. The van der Waals surface area contributed by atoms with Crippen molar-refractivity contribution in [3.05, 3.63) is 64.6 Å². The zero-order valence-corrected chi connectivity index (χ0v) is 22.6. The number of nitrogens with one attached hydrogen (secondary N) is 3. The fourth-order valence-corrected chi connectivity index (χ4v) is 6.82. The zero-order chi connectivity index (χ0) is 27.9. The van der Waals surface area contributed by atoms with Crippen LogP contribution in [0.2, 0.25) is 0 Å². The number of carbonyl (C=O) groups is 3. The van der Waals surface area contributed by atoms with E-state index >= 15 is 0 Å². The van der Waals surface area contributed by atoms with Crippen molar-refractivity contribution in [3.8, 4) is 12.3 Å². The number of nitrogens with zero attached hydrogens (tertiary/aromatic N) is 2. The Morgan fingerprint density at radius 1 is 1.18 bits per heavy atom. The molecule has 1 aliphatic carbocycles. The molecule has 9 nitrogen and oxygen atoms in total. The molecule has 2 aliphatic heterocycles. The summed E-state index contributed by atoms with van der Waals surface area (Å²) < 4.78 is 5.44. The summed E-state index contributed by atoms with van der Waals surface area (Å²) in [6.45, 7) is 5.97. The van der Waals surface area contributed by atoms with Gasteiger partial charge in [0.05, 0.1) is 13.5 Å². The number of aromatic nitrogens is 1. The van der Waals surface area contributed by atoms with Crippen LogP contribution in [0.1, 0.15) is 61.0 Å². The number of likely N-dealkylation sites (tertiary alicyclic amines) is 1. The molecule has 2 fully saturated rings. The van der Waals surface area contributed by atoms with Gasteiger partial charge in [0.1, 0.15) is 22.9 Å². The summed E-state index contributed by atoms with van der Waals surface area (Å²) in [4.78, 5) is 49.8. The summed E-state index contributed by atoms with van der Waals surface area (Å²) in [5.41, 5.74) is 1.80. The molecule has 1 saturated heterocycles. The van der Waals surface area contributed by atoms with E-state index < -0.39 is 17.6 Å². The molecule has 3 amide bonds. The van der Waals surface area contributed by atoms with Gasteiger partial charge in [-0.25, -0.2) is 0 Å². The van der Waals surface area contributed by atoms with Crippen molar-refractivity contribution in [2.75, 3.05) is 19.0 Å². The van der Waals surface area contributed by atoms with Gasteiger partial charge in [0.15, 0.2) is 0 Å². The van der Waals surface area contributed by atoms with Crippen LogP contribution in [0.3, 0.4) is 0 Å². The Balaban J connectivity index is 1.29. The molecule has 0 unspecified atom stereocenters. The Labute approximate surface area is 233 Å². The van der Waals surface area contributed by atoms with Gasteiger partial charge in [-0.2, -0.15) is 0 Å². The molecule has 40 heavy (non-hydrogen) atoms. The number of ether oxygens (including phenoxy) is 1. The molecule has 3 aliphatic rings. The molecule has 0 bridgehead atoms. The highest BCUT2D eigenvalue weighted by atomic mass is 16.5. The van der Waals surface area contributed by atoms with Crippen LogP contribution in [-0.2, 0) is 15.0 Å². The van der Waals surface area contributed by atoms with Gasteiger partial charge in [-0.15, -0.1) is 0 Å². The molecule has 3 heterocycles. The highest BCUT2D eigenvalue weighted by Crippen LogP contribution is 2.47. The van der Waals surface area contributed by atoms with Crippen LogP contribution in [0.15, 0.2) is 48.5 Å². The van der Waals surface area contributed by atoms with E-state index in [0.29, 0.717) is 30.2 Å². The van der Waals surface area contributed by atoms with Gasteiger partial charge >= 0.3 is 6.17 Å². The number of para-hydroxylation sites is 1. The average molecular weight is 541 g/mol. The van der Waals surface area contributed by atoms with Crippen LogP contribution in [0.4, 0.5) is 5.69 Å². The summed E-state index contributed by atoms with van der Waals surface area (Å²) in [6.07, 6.45) is 5.61. The van der Waals surface area contributed by atoms with Crippen molar-refractivity contribution < 1.29 is 19.1 Å². The van der Waals surface area contributed by atoms with E-state index in [1.165, 1.54) is 6.42 Å². The molecule has 1 aromatic heterocycles. The molecule has 3 N–H and O–H groups in total. The molecular formula is C31H34N5O4+. The van der Waals surface area contributed by atoms with Crippen molar-refractivity contribution in [2.24, 2.45) is 5.92 Å². The summed E-state index contributed by atoms with van der Waals surface area (Å²) in [5, 5.41) is 6.78. The van der Waals surface area contributed by atoms with Gasteiger partial charge in [-0.1, -0.05) is 61.2 Å². The standard InChI is InChI=1S/C31H33N5O4/c1-32-27-17-31(21-11-6-7-12-23(21)35-30(31)39)18-36(27)29(38)25(15-19-9-4-3-5-10-19)34-28(37)24-16-20-22(33-24)13-8-14-26(20)40-2/h1,6-8,11-14,16,19,25,27H,3-5,9-10,15,17-18H2,2H3,(H2-,33,34,35,37,39)/p+1/t25-,27-,31-/m0/s1. The predicted molar refractivity (Wildman–Crippen MR) is 152 cm³/mol. The minimum atomic E-state index is -0.924. The van der Waals surface area contributed by atoms with Crippen LogP contribution >= 0.6 is 0 Å². The summed E-state index contributed by atoms with van der Waals surface area (Å²) >= 11 is 0. The topological polar surface area (TPSA) is 108 Å². The lowest BCUT2D eigenvalue weighted by Gasteiger charge is -2.29. The Kier molecular flexibility index (Phi) is 6.70. The minimum Gasteiger partial charge on any atom is -0.496 e. The third-order valence-electron chi connectivity index (χ3n) is 8.90. The number of hydrogen-bond donors (Lipinski definition) is 3. The number of rotatable bonds is 6. The van der Waals surface area contributed by atoms with Crippen LogP contribution < -0.4 is 15.4 Å². The minimum absolute atomic E-state index is 0.153. The largest absolute Gasteiger partial charge is 0.496 e. The first-order valence-corrected chi connectivity index (χ1v) is 14.0.